The highest BCUT2D eigenvalue weighted by Crippen LogP contribution is 2.01. The molecule has 0 aliphatic rings. The number of rotatable bonds is 8. The van der Waals surface area contributed by atoms with Gasteiger partial charge in [-0.3, -0.25) is 4.79 Å². The zero-order valence-electron chi connectivity index (χ0n) is 10.2. The maximum atomic E-state index is 11.6. The third-order valence-corrected chi connectivity index (χ3v) is 2.25. The molecule has 0 fully saturated rings. The zero-order valence-corrected chi connectivity index (χ0v) is 10.9. The molecule has 1 rings (SSSR count). The van der Waals surface area contributed by atoms with Gasteiger partial charge in [-0.1, -0.05) is 11.6 Å². The lowest BCUT2D eigenvalue weighted by atomic mass is 10.3. The molecule has 1 aromatic heterocycles. The second-order valence-corrected chi connectivity index (χ2v) is 3.84. The summed E-state index contributed by atoms with van der Waals surface area (Å²) in [6.07, 6.45) is 0.733. The number of amides is 1. The molecule has 0 saturated heterocycles. The Labute approximate surface area is 111 Å². The van der Waals surface area contributed by atoms with Crippen LogP contribution in [0.5, 0.6) is 0 Å². The summed E-state index contributed by atoms with van der Waals surface area (Å²) in [6.45, 7) is 2.24. The third-order valence-electron chi connectivity index (χ3n) is 2.05. The van der Waals surface area contributed by atoms with Gasteiger partial charge in [0.2, 0.25) is 0 Å². The minimum absolute atomic E-state index is 0.250. The van der Waals surface area contributed by atoms with Crippen LogP contribution in [0.1, 0.15) is 16.9 Å². The molecule has 0 unspecified atom stereocenters. The van der Waals surface area contributed by atoms with Crippen molar-refractivity contribution in [2.45, 2.75) is 6.42 Å². The van der Waals surface area contributed by atoms with Gasteiger partial charge in [-0.15, -0.1) is 10.2 Å². The number of hydrogen-bond acceptors (Lipinski definition) is 5. The van der Waals surface area contributed by atoms with Crippen molar-refractivity contribution in [3.63, 3.8) is 0 Å². The largest absolute Gasteiger partial charge is 0.382 e. The van der Waals surface area contributed by atoms with Crippen LogP contribution >= 0.6 is 11.6 Å². The molecule has 1 amide bonds. The summed E-state index contributed by atoms with van der Waals surface area (Å²) in [6, 6.07) is 3.05. The van der Waals surface area contributed by atoms with E-state index in [4.69, 9.17) is 21.1 Å². The minimum Gasteiger partial charge on any atom is -0.382 e. The van der Waals surface area contributed by atoms with Crippen molar-refractivity contribution in [1.29, 1.82) is 0 Å². The highest BCUT2D eigenvalue weighted by atomic mass is 35.5. The summed E-state index contributed by atoms with van der Waals surface area (Å²) in [5.41, 5.74) is 0.250. The first-order valence-corrected chi connectivity index (χ1v) is 5.96. The molecule has 0 saturated carbocycles. The Morgan fingerprint density at radius 2 is 2.17 bits per heavy atom. The lowest BCUT2D eigenvalue weighted by Crippen LogP contribution is -2.26. The summed E-state index contributed by atoms with van der Waals surface area (Å²) >= 11 is 5.57. The average molecular weight is 274 g/mol. The van der Waals surface area contributed by atoms with Crippen LogP contribution in [0.25, 0.3) is 0 Å². The van der Waals surface area contributed by atoms with E-state index in [-0.39, 0.29) is 16.8 Å². The van der Waals surface area contributed by atoms with Gasteiger partial charge in [0.1, 0.15) is 0 Å². The normalized spacial score (nSPS) is 10.3. The lowest BCUT2D eigenvalue weighted by Gasteiger charge is -2.05. The highest BCUT2D eigenvalue weighted by molar-refractivity contribution is 6.29. The van der Waals surface area contributed by atoms with Gasteiger partial charge in [-0.05, 0) is 18.6 Å². The number of carbonyl (C=O) groups excluding carboxylic acids is 1. The van der Waals surface area contributed by atoms with Crippen molar-refractivity contribution < 1.29 is 14.3 Å². The Morgan fingerprint density at radius 3 is 2.83 bits per heavy atom. The van der Waals surface area contributed by atoms with Gasteiger partial charge < -0.3 is 14.8 Å². The molecule has 0 radical (unpaired) electrons. The van der Waals surface area contributed by atoms with Crippen LogP contribution in [0.2, 0.25) is 5.15 Å². The monoisotopic (exact) mass is 273 g/mol. The molecule has 100 valence electrons. The van der Waals surface area contributed by atoms with E-state index >= 15 is 0 Å². The molecule has 1 aromatic rings. The van der Waals surface area contributed by atoms with E-state index in [1.165, 1.54) is 12.1 Å². The number of carbonyl (C=O) groups is 1. The van der Waals surface area contributed by atoms with Gasteiger partial charge in [0.05, 0.1) is 13.2 Å². The molecule has 0 bridgehead atoms. The Morgan fingerprint density at radius 1 is 1.33 bits per heavy atom. The average Bonchev–Trinajstić information content (AvgIpc) is 2.38. The standard InChI is InChI=1S/C11H16ClN3O3/c1-17-7-8-18-6-2-5-13-11(16)9-3-4-10(12)15-14-9/h3-4H,2,5-8H2,1H3,(H,13,16). The van der Waals surface area contributed by atoms with Crippen molar-refractivity contribution in [1.82, 2.24) is 15.5 Å². The fourth-order valence-electron chi connectivity index (χ4n) is 1.15. The number of nitrogens with one attached hydrogen (secondary N) is 1. The molecular weight excluding hydrogens is 258 g/mol. The first kappa shape index (κ1) is 14.8. The van der Waals surface area contributed by atoms with Crippen LogP contribution in [0.4, 0.5) is 0 Å². The number of halogens is 1. The van der Waals surface area contributed by atoms with E-state index in [0.29, 0.717) is 26.4 Å². The third kappa shape index (κ3) is 5.90. The molecule has 0 aromatic carbocycles. The van der Waals surface area contributed by atoms with Gasteiger partial charge in [0.15, 0.2) is 10.8 Å². The van der Waals surface area contributed by atoms with Gasteiger partial charge in [-0.25, -0.2) is 0 Å². The van der Waals surface area contributed by atoms with Crippen LogP contribution < -0.4 is 5.32 Å². The van der Waals surface area contributed by atoms with E-state index in [0.717, 1.165) is 6.42 Å². The lowest BCUT2D eigenvalue weighted by molar-refractivity contribution is 0.0688. The van der Waals surface area contributed by atoms with Crippen LogP contribution in [-0.4, -0.2) is 49.6 Å². The van der Waals surface area contributed by atoms with Gasteiger partial charge in [-0.2, -0.15) is 0 Å². The predicted molar refractivity (Wildman–Crippen MR) is 66.7 cm³/mol. The number of aromatic nitrogens is 2. The van der Waals surface area contributed by atoms with Crippen LogP contribution in [0.3, 0.4) is 0 Å². The minimum atomic E-state index is -0.268. The predicted octanol–water partition coefficient (Wildman–Crippen LogP) is 0.913. The SMILES string of the molecule is COCCOCCCNC(=O)c1ccc(Cl)nn1. The molecule has 0 aliphatic heterocycles. The molecule has 0 aliphatic carbocycles. The van der Waals surface area contributed by atoms with Crippen LogP contribution in [0.15, 0.2) is 12.1 Å². The van der Waals surface area contributed by atoms with E-state index in [2.05, 4.69) is 15.5 Å². The first-order chi connectivity index (χ1) is 8.74. The second kappa shape index (κ2) is 8.79. The summed E-state index contributed by atoms with van der Waals surface area (Å²) in [5, 5.41) is 10.2. The number of hydrogen-bond donors (Lipinski definition) is 1. The van der Waals surface area contributed by atoms with Gasteiger partial charge in [0.25, 0.3) is 5.91 Å². The molecule has 0 atom stereocenters. The molecule has 0 spiro atoms. The van der Waals surface area contributed by atoms with Crippen molar-refractivity contribution in [2.75, 3.05) is 33.5 Å². The Kier molecular flexibility index (Phi) is 7.24. The maximum Gasteiger partial charge on any atom is 0.271 e. The maximum absolute atomic E-state index is 11.6. The molecular formula is C11H16ClN3O3. The van der Waals surface area contributed by atoms with Crippen LogP contribution in [-0.2, 0) is 9.47 Å². The number of methoxy groups -OCH3 is 1. The molecule has 1 N–H and O–H groups in total. The molecule has 18 heavy (non-hydrogen) atoms. The topological polar surface area (TPSA) is 73.3 Å². The summed E-state index contributed by atoms with van der Waals surface area (Å²) < 4.78 is 10.1. The van der Waals surface area contributed by atoms with Gasteiger partial charge >= 0.3 is 0 Å². The smallest absolute Gasteiger partial charge is 0.271 e. The molecule has 1 heterocycles. The molecule has 7 heteroatoms. The Bertz CT molecular complexity index is 359. The number of ether oxygens (including phenoxy) is 2. The number of nitrogens with zero attached hydrogens (tertiary/aromatic N) is 2. The van der Waals surface area contributed by atoms with E-state index in [1.54, 1.807) is 7.11 Å². The fraction of sp³-hybridized carbons (Fsp3) is 0.545. The van der Waals surface area contributed by atoms with Crippen molar-refractivity contribution in [3.05, 3.63) is 23.0 Å². The highest BCUT2D eigenvalue weighted by Gasteiger charge is 2.06. The van der Waals surface area contributed by atoms with Crippen LogP contribution in [0, 0.1) is 0 Å². The Balaban J connectivity index is 2.12. The molecule has 6 nitrogen and oxygen atoms in total. The van der Waals surface area contributed by atoms with Gasteiger partial charge in [0, 0.05) is 20.3 Å². The first-order valence-electron chi connectivity index (χ1n) is 5.58. The Hall–Kier alpha value is -1.24. The van der Waals surface area contributed by atoms with E-state index in [9.17, 15) is 4.79 Å². The van der Waals surface area contributed by atoms with E-state index < -0.39 is 0 Å². The second-order valence-electron chi connectivity index (χ2n) is 3.46. The summed E-state index contributed by atoms with van der Waals surface area (Å²) in [4.78, 5) is 11.6. The fourth-order valence-corrected chi connectivity index (χ4v) is 1.25. The zero-order chi connectivity index (χ0) is 13.2. The van der Waals surface area contributed by atoms with Crippen molar-refractivity contribution in [2.24, 2.45) is 0 Å². The summed E-state index contributed by atoms with van der Waals surface area (Å²) in [5.74, 6) is -0.268. The summed E-state index contributed by atoms with van der Waals surface area (Å²) in [7, 11) is 1.62. The van der Waals surface area contributed by atoms with E-state index in [1.807, 2.05) is 0 Å². The quantitative estimate of drug-likeness (QED) is 0.713. The van der Waals surface area contributed by atoms with Crippen molar-refractivity contribution in [3.8, 4) is 0 Å². The van der Waals surface area contributed by atoms with Crippen molar-refractivity contribution >= 4 is 17.5 Å².